The largest absolute Gasteiger partial charge is 0.467 e. The van der Waals surface area contributed by atoms with Gasteiger partial charge in [-0.05, 0) is 36.4 Å². The molecule has 0 aliphatic carbocycles. The molecule has 7 nitrogen and oxygen atoms in total. The van der Waals surface area contributed by atoms with E-state index in [1.54, 1.807) is 41.5 Å². The molecule has 0 unspecified atom stereocenters. The van der Waals surface area contributed by atoms with Gasteiger partial charge in [-0.2, -0.15) is 5.10 Å². The van der Waals surface area contributed by atoms with E-state index >= 15 is 0 Å². The Kier molecular flexibility index (Phi) is 3.86. The number of aryl methyl sites for hydroxylation is 1. The Balaban J connectivity index is 1.57. The van der Waals surface area contributed by atoms with E-state index < -0.39 is 0 Å². The first-order valence-corrected chi connectivity index (χ1v) is 6.74. The molecule has 0 aliphatic heterocycles. The average Bonchev–Trinajstić information content (AvgIpc) is 3.17. The molecule has 0 radical (unpaired) electrons. The highest BCUT2D eigenvalue weighted by atomic mass is 16.3. The first-order valence-electron chi connectivity index (χ1n) is 6.74. The fourth-order valence-corrected chi connectivity index (χ4v) is 1.93. The highest BCUT2D eigenvalue weighted by molar-refractivity contribution is 5.89. The number of benzene rings is 1. The maximum atomic E-state index is 11.8. The first kappa shape index (κ1) is 13.9. The van der Waals surface area contributed by atoms with Crippen LogP contribution in [0.1, 0.15) is 5.76 Å². The zero-order valence-electron chi connectivity index (χ0n) is 12.0. The zero-order valence-corrected chi connectivity index (χ0v) is 12.0. The number of aromatic nitrogens is 3. The molecule has 1 aromatic carbocycles. The van der Waals surface area contributed by atoms with Gasteiger partial charge in [-0.15, -0.1) is 0 Å². The van der Waals surface area contributed by atoms with Gasteiger partial charge in [0.1, 0.15) is 12.1 Å². The second-order valence-electron chi connectivity index (χ2n) is 4.71. The smallest absolute Gasteiger partial charge is 0.319 e. The molecule has 0 spiro atoms. The summed E-state index contributed by atoms with van der Waals surface area (Å²) in [5.74, 6) is 1.35. The lowest BCUT2D eigenvalue weighted by atomic mass is 10.2. The number of hydrogen-bond donors (Lipinski definition) is 2. The van der Waals surface area contributed by atoms with E-state index in [4.69, 9.17) is 4.42 Å². The summed E-state index contributed by atoms with van der Waals surface area (Å²) in [6, 6.07) is 10.6. The van der Waals surface area contributed by atoms with E-state index in [9.17, 15) is 4.79 Å². The normalized spacial score (nSPS) is 10.4. The van der Waals surface area contributed by atoms with Crippen LogP contribution in [0.3, 0.4) is 0 Å². The number of rotatable bonds is 4. The van der Waals surface area contributed by atoms with Crippen molar-refractivity contribution >= 4 is 11.7 Å². The SMILES string of the molecule is Cn1cnc(-c2ccc(NC(=O)NCc3ccco3)cc2)n1. The Morgan fingerprint density at radius 1 is 1.27 bits per heavy atom. The zero-order chi connectivity index (χ0) is 15.4. The third kappa shape index (κ3) is 3.32. The fourth-order valence-electron chi connectivity index (χ4n) is 1.93. The second kappa shape index (κ2) is 6.13. The monoisotopic (exact) mass is 297 g/mol. The average molecular weight is 297 g/mol. The van der Waals surface area contributed by atoms with Crippen LogP contribution in [0, 0.1) is 0 Å². The van der Waals surface area contributed by atoms with Crippen molar-refractivity contribution in [2.45, 2.75) is 6.54 Å². The number of anilines is 1. The number of nitrogens with zero attached hydrogens (tertiary/aromatic N) is 3. The van der Waals surface area contributed by atoms with Gasteiger partial charge in [-0.25, -0.2) is 9.78 Å². The standard InChI is InChI=1S/C15H15N5O2/c1-20-10-17-14(19-20)11-4-6-12(7-5-11)18-15(21)16-9-13-3-2-8-22-13/h2-8,10H,9H2,1H3,(H2,16,18,21). The van der Waals surface area contributed by atoms with Gasteiger partial charge in [-0.1, -0.05) is 0 Å². The van der Waals surface area contributed by atoms with Crippen LogP contribution in [-0.4, -0.2) is 20.8 Å². The van der Waals surface area contributed by atoms with E-state index in [1.807, 2.05) is 19.2 Å². The Bertz CT molecular complexity index is 747. The lowest BCUT2D eigenvalue weighted by Crippen LogP contribution is -2.27. The van der Waals surface area contributed by atoms with Crippen LogP contribution < -0.4 is 10.6 Å². The van der Waals surface area contributed by atoms with Crippen LogP contribution in [0.2, 0.25) is 0 Å². The molecule has 3 aromatic rings. The van der Waals surface area contributed by atoms with Gasteiger partial charge in [0, 0.05) is 18.3 Å². The van der Waals surface area contributed by atoms with Crippen LogP contribution in [0.5, 0.6) is 0 Å². The molecule has 0 atom stereocenters. The van der Waals surface area contributed by atoms with Crippen molar-refractivity contribution in [3.63, 3.8) is 0 Å². The van der Waals surface area contributed by atoms with Crippen LogP contribution >= 0.6 is 0 Å². The minimum Gasteiger partial charge on any atom is -0.467 e. The molecule has 0 saturated heterocycles. The lowest BCUT2D eigenvalue weighted by Gasteiger charge is -2.06. The molecule has 2 N–H and O–H groups in total. The lowest BCUT2D eigenvalue weighted by molar-refractivity contribution is 0.251. The van der Waals surface area contributed by atoms with Gasteiger partial charge < -0.3 is 15.1 Å². The number of urea groups is 1. The Hall–Kier alpha value is -3.09. The summed E-state index contributed by atoms with van der Waals surface area (Å²) in [6.07, 6.45) is 3.21. The molecule has 3 rings (SSSR count). The minimum absolute atomic E-state index is 0.292. The number of hydrogen-bond acceptors (Lipinski definition) is 4. The third-order valence-electron chi connectivity index (χ3n) is 3.00. The molecular weight excluding hydrogens is 282 g/mol. The van der Waals surface area contributed by atoms with Crippen LogP contribution in [-0.2, 0) is 13.6 Å². The molecule has 0 bridgehead atoms. The fraction of sp³-hybridized carbons (Fsp3) is 0.133. The summed E-state index contributed by atoms with van der Waals surface area (Å²) >= 11 is 0. The van der Waals surface area contributed by atoms with Crippen LogP contribution in [0.4, 0.5) is 10.5 Å². The van der Waals surface area contributed by atoms with E-state index in [0.717, 1.165) is 5.56 Å². The summed E-state index contributed by atoms with van der Waals surface area (Å²) in [4.78, 5) is 16.0. The first-order chi connectivity index (χ1) is 10.7. The molecule has 0 fully saturated rings. The second-order valence-corrected chi connectivity index (χ2v) is 4.71. The van der Waals surface area contributed by atoms with E-state index in [2.05, 4.69) is 20.7 Å². The quantitative estimate of drug-likeness (QED) is 0.774. The number of carbonyl (C=O) groups is 1. The topological polar surface area (TPSA) is 85.0 Å². The molecule has 0 saturated carbocycles. The predicted molar refractivity (Wildman–Crippen MR) is 81.0 cm³/mol. The minimum atomic E-state index is -0.292. The van der Waals surface area contributed by atoms with E-state index in [0.29, 0.717) is 23.8 Å². The third-order valence-corrected chi connectivity index (χ3v) is 3.00. The van der Waals surface area contributed by atoms with Gasteiger partial charge in [0.2, 0.25) is 0 Å². The molecular formula is C15H15N5O2. The summed E-state index contributed by atoms with van der Waals surface area (Å²) in [5, 5.41) is 9.69. The van der Waals surface area contributed by atoms with Crippen LogP contribution in [0.25, 0.3) is 11.4 Å². The van der Waals surface area contributed by atoms with Crippen molar-refractivity contribution in [3.05, 3.63) is 54.7 Å². The Labute approximate surface area is 127 Å². The van der Waals surface area contributed by atoms with Gasteiger partial charge in [0.25, 0.3) is 0 Å². The van der Waals surface area contributed by atoms with E-state index in [-0.39, 0.29) is 6.03 Å². The Morgan fingerprint density at radius 2 is 2.09 bits per heavy atom. The maximum Gasteiger partial charge on any atom is 0.319 e. The van der Waals surface area contributed by atoms with Crippen LogP contribution in [0.15, 0.2) is 53.4 Å². The number of carbonyl (C=O) groups excluding carboxylic acids is 1. The molecule has 112 valence electrons. The van der Waals surface area contributed by atoms with Gasteiger partial charge in [0.05, 0.1) is 12.8 Å². The Morgan fingerprint density at radius 3 is 2.73 bits per heavy atom. The molecule has 2 amide bonds. The summed E-state index contributed by atoms with van der Waals surface area (Å²) in [5.41, 5.74) is 1.58. The van der Waals surface area contributed by atoms with Gasteiger partial charge >= 0.3 is 6.03 Å². The van der Waals surface area contributed by atoms with E-state index in [1.165, 1.54) is 0 Å². The van der Waals surface area contributed by atoms with Crippen molar-refractivity contribution < 1.29 is 9.21 Å². The van der Waals surface area contributed by atoms with Crippen molar-refractivity contribution in [1.82, 2.24) is 20.1 Å². The van der Waals surface area contributed by atoms with Gasteiger partial charge in [0.15, 0.2) is 5.82 Å². The number of nitrogens with one attached hydrogen (secondary N) is 2. The number of amides is 2. The summed E-state index contributed by atoms with van der Waals surface area (Å²) < 4.78 is 6.78. The van der Waals surface area contributed by atoms with Crippen molar-refractivity contribution in [3.8, 4) is 11.4 Å². The molecule has 22 heavy (non-hydrogen) atoms. The summed E-state index contributed by atoms with van der Waals surface area (Å²) in [6.45, 7) is 0.342. The molecule has 7 heteroatoms. The van der Waals surface area contributed by atoms with Crippen molar-refractivity contribution in [1.29, 1.82) is 0 Å². The van der Waals surface area contributed by atoms with Crippen molar-refractivity contribution in [2.75, 3.05) is 5.32 Å². The highest BCUT2D eigenvalue weighted by Gasteiger charge is 2.05. The summed E-state index contributed by atoms with van der Waals surface area (Å²) in [7, 11) is 1.82. The molecule has 2 aromatic heterocycles. The molecule has 2 heterocycles. The van der Waals surface area contributed by atoms with Gasteiger partial charge in [-0.3, -0.25) is 4.68 Å². The molecule has 0 aliphatic rings. The van der Waals surface area contributed by atoms with Crippen molar-refractivity contribution in [2.24, 2.45) is 7.05 Å². The predicted octanol–water partition coefficient (Wildman–Crippen LogP) is 2.40. The number of furan rings is 1. The maximum absolute atomic E-state index is 11.8. The highest BCUT2D eigenvalue weighted by Crippen LogP contribution is 2.17.